The van der Waals surface area contributed by atoms with E-state index in [-0.39, 0.29) is 24.1 Å². The Kier molecular flexibility index (Phi) is 5.40. The number of nitrogens with one attached hydrogen (secondary N) is 3. The fraction of sp³-hybridized carbons (Fsp3) is 0.250. The average molecular weight is 367 g/mol. The zero-order valence-electron chi connectivity index (χ0n) is 15.1. The van der Waals surface area contributed by atoms with E-state index in [0.717, 1.165) is 5.56 Å². The van der Waals surface area contributed by atoms with Crippen LogP contribution in [0.25, 0.3) is 0 Å². The van der Waals surface area contributed by atoms with Gasteiger partial charge in [0, 0.05) is 12.6 Å². The number of ether oxygens (including phenoxy) is 1. The minimum atomic E-state index is -0.553. The number of benzene rings is 2. The Balaban J connectivity index is 1.70. The quantitative estimate of drug-likeness (QED) is 0.757. The summed E-state index contributed by atoms with van der Waals surface area (Å²) >= 11 is 0. The molecule has 1 heterocycles. The summed E-state index contributed by atoms with van der Waals surface area (Å²) in [7, 11) is 0. The lowest BCUT2D eigenvalue weighted by atomic mass is 10.0. The van der Waals surface area contributed by atoms with Gasteiger partial charge >= 0.3 is 0 Å². The molecule has 0 bridgehead atoms. The molecule has 0 aromatic heterocycles. The van der Waals surface area contributed by atoms with E-state index in [0.29, 0.717) is 17.1 Å². The van der Waals surface area contributed by atoms with Crippen LogP contribution < -0.4 is 20.7 Å². The minimum Gasteiger partial charge on any atom is -0.479 e. The van der Waals surface area contributed by atoms with Gasteiger partial charge in [0.15, 0.2) is 6.10 Å². The number of fused-ring (bicyclic) bond motifs is 1. The maximum Gasteiger partial charge on any atom is 0.265 e. The van der Waals surface area contributed by atoms with Crippen LogP contribution in [0, 0.1) is 0 Å². The molecular formula is C20H21N3O4. The van der Waals surface area contributed by atoms with Crippen LogP contribution in [0.2, 0.25) is 0 Å². The number of hydrogen-bond acceptors (Lipinski definition) is 4. The summed E-state index contributed by atoms with van der Waals surface area (Å²) in [5.41, 5.74) is 1.90. The zero-order chi connectivity index (χ0) is 19.4. The number of anilines is 2. The predicted molar refractivity (Wildman–Crippen MR) is 101 cm³/mol. The van der Waals surface area contributed by atoms with Crippen LogP contribution in [0.4, 0.5) is 11.4 Å². The predicted octanol–water partition coefficient (Wildman–Crippen LogP) is 2.61. The van der Waals surface area contributed by atoms with Gasteiger partial charge in [-0.25, -0.2) is 0 Å². The summed E-state index contributed by atoms with van der Waals surface area (Å²) in [6, 6.07) is 13.9. The molecule has 2 atom stereocenters. The van der Waals surface area contributed by atoms with E-state index in [1.807, 2.05) is 30.3 Å². The summed E-state index contributed by atoms with van der Waals surface area (Å²) in [5.74, 6) is -0.144. The smallest absolute Gasteiger partial charge is 0.265 e. The van der Waals surface area contributed by atoms with Crippen molar-refractivity contribution in [3.8, 4) is 5.75 Å². The van der Waals surface area contributed by atoms with Crippen molar-refractivity contribution in [3.05, 3.63) is 54.1 Å². The third kappa shape index (κ3) is 4.63. The third-order valence-corrected chi connectivity index (χ3v) is 4.16. The first-order chi connectivity index (χ1) is 12.9. The number of rotatable bonds is 5. The number of hydrogen-bond donors (Lipinski definition) is 3. The Bertz CT molecular complexity index is 867. The molecule has 3 N–H and O–H groups in total. The van der Waals surface area contributed by atoms with E-state index in [2.05, 4.69) is 16.0 Å². The SMILES string of the molecule is CC(=O)N[C@@H](CC(=O)Nc1ccc2c(c1)NC(=O)[C@@H](C)O2)c1ccccc1. The normalized spacial score (nSPS) is 16.4. The lowest BCUT2D eigenvalue weighted by Crippen LogP contribution is -2.34. The largest absolute Gasteiger partial charge is 0.479 e. The number of carbonyl (C=O) groups is 3. The first-order valence-electron chi connectivity index (χ1n) is 8.66. The highest BCUT2D eigenvalue weighted by Crippen LogP contribution is 2.32. The van der Waals surface area contributed by atoms with E-state index in [1.54, 1.807) is 25.1 Å². The van der Waals surface area contributed by atoms with Gasteiger partial charge in [-0.05, 0) is 30.7 Å². The standard InChI is InChI=1S/C20H21N3O4/c1-12-20(26)23-17-10-15(8-9-18(17)27-12)22-19(25)11-16(21-13(2)24)14-6-4-3-5-7-14/h3-10,12,16H,11H2,1-2H3,(H,21,24)(H,22,25)(H,23,26)/t12-,16+/m1/s1. The van der Waals surface area contributed by atoms with Gasteiger partial charge in [0.25, 0.3) is 5.91 Å². The van der Waals surface area contributed by atoms with Crippen molar-refractivity contribution in [2.75, 3.05) is 10.6 Å². The molecule has 3 rings (SSSR count). The Labute approximate surface area is 157 Å². The topological polar surface area (TPSA) is 96.5 Å². The maximum absolute atomic E-state index is 12.5. The second-order valence-electron chi connectivity index (χ2n) is 6.38. The molecule has 1 aliphatic heterocycles. The van der Waals surface area contributed by atoms with E-state index < -0.39 is 12.1 Å². The van der Waals surface area contributed by atoms with Gasteiger partial charge in [-0.3, -0.25) is 14.4 Å². The number of amides is 3. The molecule has 0 unspecified atom stereocenters. The second kappa shape index (κ2) is 7.90. The lowest BCUT2D eigenvalue weighted by Gasteiger charge is -2.24. The zero-order valence-corrected chi connectivity index (χ0v) is 15.1. The summed E-state index contributed by atoms with van der Waals surface area (Å²) < 4.78 is 5.50. The third-order valence-electron chi connectivity index (χ3n) is 4.16. The van der Waals surface area contributed by atoms with Gasteiger partial charge in [0.2, 0.25) is 11.8 Å². The van der Waals surface area contributed by atoms with Gasteiger partial charge in [-0.2, -0.15) is 0 Å². The molecule has 7 nitrogen and oxygen atoms in total. The molecule has 1 aliphatic rings. The molecular weight excluding hydrogens is 346 g/mol. The molecule has 0 fully saturated rings. The van der Waals surface area contributed by atoms with Crippen LogP contribution in [0.5, 0.6) is 5.75 Å². The molecule has 0 aliphatic carbocycles. The van der Waals surface area contributed by atoms with Gasteiger partial charge in [-0.1, -0.05) is 30.3 Å². The molecule has 2 aromatic carbocycles. The van der Waals surface area contributed by atoms with Gasteiger partial charge in [-0.15, -0.1) is 0 Å². The monoisotopic (exact) mass is 367 g/mol. The summed E-state index contributed by atoms with van der Waals surface area (Å²) in [6.45, 7) is 3.08. The van der Waals surface area contributed by atoms with Crippen LogP contribution in [0.3, 0.4) is 0 Å². The molecule has 0 radical (unpaired) electrons. The first-order valence-corrected chi connectivity index (χ1v) is 8.66. The van der Waals surface area contributed by atoms with Crippen LogP contribution in [0.1, 0.15) is 31.9 Å². The van der Waals surface area contributed by atoms with Gasteiger partial charge in [0.05, 0.1) is 18.2 Å². The molecule has 7 heteroatoms. The highest BCUT2D eigenvalue weighted by Gasteiger charge is 2.24. The van der Waals surface area contributed by atoms with Crippen molar-refractivity contribution in [1.82, 2.24) is 5.32 Å². The summed E-state index contributed by atoms with van der Waals surface area (Å²) in [4.78, 5) is 35.7. The van der Waals surface area contributed by atoms with Gasteiger partial charge < -0.3 is 20.7 Å². The Morgan fingerprint density at radius 2 is 1.93 bits per heavy atom. The molecule has 0 saturated carbocycles. The second-order valence-corrected chi connectivity index (χ2v) is 6.38. The lowest BCUT2D eigenvalue weighted by molar-refractivity contribution is -0.123. The fourth-order valence-corrected chi connectivity index (χ4v) is 2.87. The fourth-order valence-electron chi connectivity index (χ4n) is 2.87. The Morgan fingerprint density at radius 3 is 2.63 bits per heavy atom. The van der Waals surface area contributed by atoms with Crippen LogP contribution >= 0.6 is 0 Å². The van der Waals surface area contributed by atoms with E-state index in [1.165, 1.54) is 6.92 Å². The maximum atomic E-state index is 12.5. The van der Waals surface area contributed by atoms with Crippen LogP contribution in [-0.4, -0.2) is 23.8 Å². The van der Waals surface area contributed by atoms with Gasteiger partial charge in [0.1, 0.15) is 5.75 Å². The highest BCUT2D eigenvalue weighted by molar-refractivity contribution is 5.99. The van der Waals surface area contributed by atoms with Crippen LogP contribution in [-0.2, 0) is 14.4 Å². The Hall–Kier alpha value is -3.35. The molecule has 0 spiro atoms. The number of carbonyl (C=O) groups excluding carboxylic acids is 3. The average Bonchev–Trinajstić information content (AvgIpc) is 2.63. The van der Waals surface area contributed by atoms with Crippen LogP contribution in [0.15, 0.2) is 48.5 Å². The van der Waals surface area contributed by atoms with Crippen molar-refractivity contribution in [2.45, 2.75) is 32.4 Å². The molecule has 0 saturated heterocycles. The van der Waals surface area contributed by atoms with E-state index in [4.69, 9.17) is 4.74 Å². The highest BCUT2D eigenvalue weighted by atomic mass is 16.5. The Morgan fingerprint density at radius 1 is 1.19 bits per heavy atom. The first kappa shape index (κ1) is 18.4. The van der Waals surface area contributed by atoms with Crippen molar-refractivity contribution in [3.63, 3.8) is 0 Å². The van der Waals surface area contributed by atoms with Crippen molar-refractivity contribution in [1.29, 1.82) is 0 Å². The van der Waals surface area contributed by atoms with Crippen molar-refractivity contribution in [2.24, 2.45) is 0 Å². The molecule has 140 valence electrons. The molecule has 3 amide bonds. The molecule has 27 heavy (non-hydrogen) atoms. The van der Waals surface area contributed by atoms with Crippen molar-refractivity contribution >= 4 is 29.1 Å². The summed E-state index contributed by atoms with van der Waals surface area (Å²) in [5, 5.41) is 8.33. The van der Waals surface area contributed by atoms with E-state index in [9.17, 15) is 14.4 Å². The minimum absolute atomic E-state index is 0.0839. The van der Waals surface area contributed by atoms with Crippen molar-refractivity contribution < 1.29 is 19.1 Å². The molecule has 2 aromatic rings. The van der Waals surface area contributed by atoms with E-state index >= 15 is 0 Å². The summed E-state index contributed by atoms with van der Waals surface area (Å²) in [6.07, 6.45) is -0.470.